The Balaban J connectivity index is 2.43. The van der Waals surface area contributed by atoms with Crippen LogP contribution in [0.4, 0.5) is 0 Å². The lowest BCUT2D eigenvalue weighted by molar-refractivity contribution is 0.219. The molecule has 0 fully saturated rings. The predicted octanol–water partition coefficient (Wildman–Crippen LogP) is 4.85. The molecule has 2 rings (SSSR count). The third-order valence-electron chi connectivity index (χ3n) is 3.91. The maximum atomic E-state index is 10.6. The lowest BCUT2D eigenvalue weighted by Gasteiger charge is -2.17. The smallest absolute Gasteiger partial charge is 0.104 e. The minimum atomic E-state index is -0.620. The molecule has 0 aliphatic heterocycles. The zero-order valence-electron chi connectivity index (χ0n) is 12.3. The lowest BCUT2D eigenvalue weighted by atomic mass is 9.93. The van der Waals surface area contributed by atoms with Crippen LogP contribution in [0.3, 0.4) is 0 Å². The highest BCUT2D eigenvalue weighted by Gasteiger charge is 2.15. The third kappa shape index (κ3) is 2.89. The summed E-state index contributed by atoms with van der Waals surface area (Å²) in [4.78, 5) is 0. The molecule has 0 spiro atoms. The van der Waals surface area contributed by atoms with Crippen molar-refractivity contribution in [2.75, 3.05) is 0 Å². The van der Waals surface area contributed by atoms with E-state index in [1.54, 1.807) is 0 Å². The maximum absolute atomic E-state index is 10.6. The normalized spacial score (nSPS) is 12.4. The van der Waals surface area contributed by atoms with E-state index in [9.17, 15) is 5.11 Å². The predicted molar refractivity (Wildman–Crippen MR) is 85.4 cm³/mol. The molecule has 0 amide bonds. The van der Waals surface area contributed by atoms with Crippen LogP contribution in [0.15, 0.2) is 36.4 Å². The van der Waals surface area contributed by atoms with Gasteiger partial charge in [-0.25, -0.2) is 0 Å². The number of aliphatic hydroxyl groups excluding tert-OH is 1. The van der Waals surface area contributed by atoms with E-state index >= 15 is 0 Å². The van der Waals surface area contributed by atoms with Gasteiger partial charge in [0.25, 0.3) is 0 Å². The van der Waals surface area contributed by atoms with E-state index in [2.05, 4.69) is 26.0 Å². The molecule has 1 atom stereocenters. The summed E-state index contributed by atoms with van der Waals surface area (Å²) in [5, 5.41) is 11.3. The summed E-state index contributed by atoms with van der Waals surface area (Å²) in [6.07, 6.45) is 1.39. The van der Waals surface area contributed by atoms with Crippen molar-refractivity contribution in [1.82, 2.24) is 0 Å². The molecule has 20 heavy (non-hydrogen) atoms. The summed E-state index contributed by atoms with van der Waals surface area (Å²) < 4.78 is 0. The molecule has 0 saturated carbocycles. The van der Waals surface area contributed by atoms with Crippen LogP contribution in [0.2, 0.25) is 5.02 Å². The number of halogens is 1. The van der Waals surface area contributed by atoms with E-state index in [-0.39, 0.29) is 0 Å². The highest BCUT2D eigenvalue weighted by molar-refractivity contribution is 6.31. The Hall–Kier alpha value is -1.31. The van der Waals surface area contributed by atoms with Gasteiger partial charge in [-0.15, -0.1) is 0 Å². The van der Waals surface area contributed by atoms with Crippen molar-refractivity contribution < 1.29 is 5.11 Å². The first-order valence-electron chi connectivity index (χ1n) is 7.13. The molecule has 0 radical (unpaired) electrons. The molecule has 2 aromatic rings. The largest absolute Gasteiger partial charge is 0.384 e. The molecule has 0 aliphatic carbocycles. The van der Waals surface area contributed by atoms with Crippen LogP contribution in [0, 0.1) is 6.92 Å². The Morgan fingerprint density at radius 1 is 1.05 bits per heavy atom. The van der Waals surface area contributed by atoms with Crippen molar-refractivity contribution in [1.29, 1.82) is 0 Å². The third-order valence-corrected chi connectivity index (χ3v) is 4.32. The van der Waals surface area contributed by atoms with Gasteiger partial charge in [0, 0.05) is 5.02 Å². The topological polar surface area (TPSA) is 20.2 Å². The first-order valence-corrected chi connectivity index (χ1v) is 7.51. The number of aryl methyl sites for hydroxylation is 2. The van der Waals surface area contributed by atoms with Gasteiger partial charge in [-0.1, -0.05) is 55.8 Å². The second-order valence-corrected chi connectivity index (χ2v) is 5.50. The number of rotatable bonds is 4. The monoisotopic (exact) mass is 288 g/mol. The summed E-state index contributed by atoms with van der Waals surface area (Å²) >= 11 is 6.14. The fraction of sp³-hybridized carbons (Fsp3) is 0.333. The van der Waals surface area contributed by atoms with Crippen LogP contribution in [-0.4, -0.2) is 5.11 Å². The molecule has 2 heteroatoms. The zero-order chi connectivity index (χ0) is 14.7. The van der Waals surface area contributed by atoms with E-state index < -0.39 is 6.10 Å². The standard InChI is InChI=1S/C18H21ClO/c1-4-13-9-10-15(11-14(13)5-2)18(20)16-7-6-8-17(19)12(16)3/h6-11,18,20H,4-5H2,1-3H3. The van der Waals surface area contributed by atoms with Crippen molar-refractivity contribution in [3.8, 4) is 0 Å². The highest BCUT2D eigenvalue weighted by Crippen LogP contribution is 2.29. The van der Waals surface area contributed by atoms with Crippen LogP contribution >= 0.6 is 11.6 Å². The van der Waals surface area contributed by atoms with Crippen molar-refractivity contribution in [3.05, 3.63) is 69.2 Å². The Morgan fingerprint density at radius 3 is 2.40 bits per heavy atom. The van der Waals surface area contributed by atoms with Gasteiger partial charge in [0.05, 0.1) is 0 Å². The Kier molecular flexibility index (Phi) is 4.85. The van der Waals surface area contributed by atoms with E-state index in [1.165, 1.54) is 11.1 Å². The zero-order valence-corrected chi connectivity index (χ0v) is 13.0. The average molecular weight is 289 g/mol. The molecule has 0 bridgehead atoms. The molecule has 1 unspecified atom stereocenters. The molecule has 0 heterocycles. The maximum Gasteiger partial charge on any atom is 0.104 e. The van der Waals surface area contributed by atoms with E-state index in [0.717, 1.165) is 29.5 Å². The summed E-state index contributed by atoms with van der Waals surface area (Å²) in [7, 11) is 0. The van der Waals surface area contributed by atoms with Gasteiger partial charge in [-0.3, -0.25) is 0 Å². The SMILES string of the molecule is CCc1ccc(C(O)c2cccc(Cl)c2C)cc1CC. The summed E-state index contributed by atoms with van der Waals surface area (Å²) in [5.74, 6) is 0. The molecule has 106 valence electrons. The first kappa shape index (κ1) is 15.1. The van der Waals surface area contributed by atoms with Gasteiger partial charge in [0.1, 0.15) is 6.10 Å². The minimum absolute atomic E-state index is 0.620. The Labute approximate surface area is 126 Å². The van der Waals surface area contributed by atoms with Crippen molar-refractivity contribution >= 4 is 11.6 Å². The molecule has 0 aromatic heterocycles. The Bertz CT molecular complexity index is 604. The van der Waals surface area contributed by atoms with Gasteiger partial charge < -0.3 is 5.11 Å². The van der Waals surface area contributed by atoms with Gasteiger partial charge in [-0.05, 0) is 53.6 Å². The highest BCUT2D eigenvalue weighted by atomic mass is 35.5. The van der Waals surface area contributed by atoms with Gasteiger partial charge in [0.2, 0.25) is 0 Å². The molecule has 0 saturated heterocycles. The van der Waals surface area contributed by atoms with Crippen molar-refractivity contribution in [2.45, 2.75) is 39.7 Å². The number of hydrogen-bond donors (Lipinski definition) is 1. The van der Waals surface area contributed by atoms with Crippen LogP contribution in [0.5, 0.6) is 0 Å². The number of benzene rings is 2. The summed E-state index contributed by atoms with van der Waals surface area (Å²) in [6.45, 7) is 6.25. The fourth-order valence-electron chi connectivity index (χ4n) is 2.59. The minimum Gasteiger partial charge on any atom is -0.384 e. The van der Waals surface area contributed by atoms with Gasteiger partial charge >= 0.3 is 0 Å². The van der Waals surface area contributed by atoms with Gasteiger partial charge in [-0.2, -0.15) is 0 Å². The fourth-order valence-corrected chi connectivity index (χ4v) is 2.77. The molecular formula is C18H21ClO. The molecular weight excluding hydrogens is 268 g/mol. The first-order chi connectivity index (χ1) is 9.58. The summed E-state index contributed by atoms with van der Waals surface area (Å²) in [6, 6.07) is 11.9. The summed E-state index contributed by atoms with van der Waals surface area (Å²) in [5.41, 5.74) is 5.42. The van der Waals surface area contributed by atoms with Crippen LogP contribution in [0.1, 0.15) is 47.8 Å². The average Bonchev–Trinajstić information content (AvgIpc) is 2.48. The molecule has 2 aromatic carbocycles. The van der Waals surface area contributed by atoms with Crippen LogP contribution in [0.25, 0.3) is 0 Å². The number of aliphatic hydroxyl groups is 1. The van der Waals surface area contributed by atoms with Crippen LogP contribution in [-0.2, 0) is 12.8 Å². The second kappa shape index (κ2) is 6.43. The molecule has 1 nitrogen and oxygen atoms in total. The quantitative estimate of drug-likeness (QED) is 0.852. The van der Waals surface area contributed by atoms with E-state index in [0.29, 0.717) is 5.02 Å². The molecule has 0 aliphatic rings. The molecule has 1 N–H and O–H groups in total. The van der Waals surface area contributed by atoms with E-state index in [1.807, 2.05) is 31.2 Å². The lowest BCUT2D eigenvalue weighted by Crippen LogP contribution is -2.04. The van der Waals surface area contributed by atoms with E-state index in [4.69, 9.17) is 11.6 Å². The van der Waals surface area contributed by atoms with Crippen molar-refractivity contribution in [3.63, 3.8) is 0 Å². The van der Waals surface area contributed by atoms with Crippen LogP contribution < -0.4 is 0 Å². The second-order valence-electron chi connectivity index (χ2n) is 5.09. The van der Waals surface area contributed by atoms with Gasteiger partial charge in [0.15, 0.2) is 0 Å². The number of hydrogen-bond acceptors (Lipinski definition) is 1. The van der Waals surface area contributed by atoms with Crippen molar-refractivity contribution in [2.24, 2.45) is 0 Å². The Morgan fingerprint density at radius 2 is 1.75 bits per heavy atom.